The van der Waals surface area contributed by atoms with E-state index in [9.17, 15) is 14.7 Å². The summed E-state index contributed by atoms with van der Waals surface area (Å²) in [4.78, 5) is 30.3. The van der Waals surface area contributed by atoms with Gasteiger partial charge in [-0.15, -0.1) is 0 Å². The lowest BCUT2D eigenvalue weighted by atomic mass is 9.85. The van der Waals surface area contributed by atoms with Gasteiger partial charge in [-0.3, -0.25) is 14.5 Å². The number of nitrogens with zero attached hydrogens (tertiary/aromatic N) is 2. The van der Waals surface area contributed by atoms with Gasteiger partial charge >= 0.3 is 5.97 Å². The van der Waals surface area contributed by atoms with Gasteiger partial charge in [-0.05, 0) is 36.1 Å². The van der Waals surface area contributed by atoms with Gasteiger partial charge in [0.05, 0.1) is 12.5 Å². The summed E-state index contributed by atoms with van der Waals surface area (Å²) in [6.07, 6.45) is 3.99. The number of ether oxygens (including phenoxy) is 2. The molecule has 1 saturated heterocycles. The van der Waals surface area contributed by atoms with Gasteiger partial charge in [-0.2, -0.15) is 0 Å². The molecule has 2 aromatic carbocycles. The molecule has 8 nitrogen and oxygen atoms in total. The van der Waals surface area contributed by atoms with E-state index in [4.69, 9.17) is 9.47 Å². The number of aliphatic carboxylic acids is 1. The third kappa shape index (κ3) is 6.85. The molecular weight excluding hydrogens is 482 g/mol. The van der Waals surface area contributed by atoms with E-state index in [1.54, 1.807) is 0 Å². The average molecular weight is 524 g/mol. The van der Waals surface area contributed by atoms with E-state index in [2.05, 4.69) is 24.1 Å². The monoisotopic (exact) mass is 523 g/mol. The van der Waals surface area contributed by atoms with Crippen molar-refractivity contribution in [3.8, 4) is 11.5 Å². The van der Waals surface area contributed by atoms with Crippen molar-refractivity contribution in [3.05, 3.63) is 59.7 Å². The second-order valence-corrected chi connectivity index (χ2v) is 10.3. The fourth-order valence-electron chi connectivity index (χ4n) is 5.52. The van der Waals surface area contributed by atoms with Crippen molar-refractivity contribution in [2.24, 2.45) is 5.92 Å². The topological polar surface area (TPSA) is 91.3 Å². The number of carbonyl (C=O) groups is 2. The maximum atomic E-state index is 13.5. The highest BCUT2D eigenvalue weighted by Crippen LogP contribution is 2.41. The second-order valence-electron chi connectivity index (χ2n) is 10.3. The molecule has 3 unspecified atom stereocenters. The van der Waals surface area contributed by atoms with Crippen LogP contribution in [-0.2, 0) is 16.1 Å². The molecule has 2 aliphatic heterocycles. The van der Waals surface area contributed by atoms with Crippen LogP contribution in [0.2, 0.25) is 0 Å². The van der Waals surface area contributed by atoms with E-state index in [0.717, 1.165) is 49.9 Å². The van der Waals surface area contributed by atoms with Gasteiger partial charge in [0.15, 0.2) is 11.5 Å². The first-order chi connectivity index (χ1) is 18.5. The van der Waals surface area contributed by atoms with Crippen LogP contribution in [0, 0.1) is 5.92 Å². The Bertz CT molecular complexity index is 1060. The highest BCUT2D eigenvalue weighted by Gasteiger charge is 2.47. The summed E-state index contributed by atoms with van der Waals surface area (Å²) in [6.45, 7) is 7.75. The van der Waals surface area contributed by atoms with E-state index >= 15 is 0 Å². The molecule has 2 heterocycles. The molecule has 1 fully saturated rings. The van der Waals surface area contributed by atoms with E-state index in [-0.39, 0.29) is 31.2 Å². The summed E-state index contributed by atoms with van der Waals surface area (Å²) in [5, 5.41) is 13.9. The van der Waals surface area contributed by atoms with Crippen molar-refractivity contribution in [2.45, 2.75) is 58.0 Å². The van der Waals surface area contributed by atoms with Crippen molar-refractivity contribution in [3.63, 3.8) is 0 Å². The number of hydrogen-bond acceptors (Lipinski definition) is 6. The Morgan fingerprint density at radius 3 is 2.42 bits per heavy atom. The van der Waals surface area contributed by atoms with Gasteiger partial charge in [-0.25, -0.2) is 0 Å². The molecule has 8 heteroatoms. The minimum Gasteiger partial charge on any atom is -0.481 e. The van der Waals surface area contributed by atoms with Crippen LogP contribution in [0.3, 0.4) is 0 Å². The number of likely N-dealkylation sites (tertiary alicyclic amines) is 1. The summed E-state index contributed by atoms with van der Waals surface area (Å²) in [5.74, 6) is -0.373. The molecule has 0 saturated carbocycles. The van der Waals surface area contributed by atoms with Gasteiger partial charge in [0.25, 0.3) is 0 Å². The molecule has 0 spiro atoms. The zero-order valence-corrected chi connectivity index (χ0v) is 22.6. The lowest BCUT2D eigenvalue weighted by molar-refractivity contribution is -0.143. The fourth-order valence-corrected chi connectivity index (χ4v) is 5.52. The van der Waals surface area contributed by atoms with Crippen LogP contribution in [-0.4, -0.2) is 72.3 Å². The molecule has 0 radical (unpaired) electrons. The molecule has 206 valence electrons. The number of carboxylic acids is 1. The molecule has 0 bridgehead atoms. The smallest absolute Gasteiger partial charge is 0.308 e. The summed E-state index contributed by atoms with van der Waals surface area (Å²) in [7, 11) is 0. The van der Waals surface area contributed by atoms with Crippen molar-refractivity contribution in [1.82, 2.24) is 15.1 Å². The first-order valence-corrected chi connectivity index (χ1v) is 13.9. The number of benzene rings is 2. The molecular formula is C30H41N3O5. The Morgan fingerprint density at radius 1 is 1.03 bits per heavy atom. The van der Waals surface area contributed by atoms with E-state index < -0.39 is 11.9 Å². The number of unbranched alkanes of at least 4 members (excludes halogenated alkanes) is 2. The van der Waals surface area contributed by atoms with Crippen molar-refractivity contribution < 1.29 is 24.2 Å². The summed E-state index contributed by atoms with van der Waals surface area (Å²) in [6, 6.07) is 15.4. The predicted octanol–water partition coefficient (Wildman–Crippen LogP) is 4.10. The number of carbonyl (C=O) groups excluding carboxylic acids is 1. The zero-order chi connectivity index (χ0) is 26.9. The fraction of sp³-hybridized carbons (Fsp3) is 0.533. The summed E-state index contributed by atoms with van der Waals surface area (Å²) in [5.41, 5.74) is 2.04. The molecule has 4 rings (SSSR count). The third-order valence-electron chi connectivity index (χ3n) is 7.64. The Labute approximate surface area is 225 Å². The van der Waals surface area contributed by atoms with Crippen molar-refractivity contribution in [2.75, 3.05) is 39.5 Å². The Kier molecular flexibility index (Phi) is 10.0. The predicted molar refractivity (Wildman–Crippen MR) is 146 cm³/mol. The molecule has 2 aliphatic rings. The first-order valence-electron chi connectivity index (χ1n) is 13.9. The van der Waals surface area contributed by atoms with Crippen LogP contribution in [0.15, 0.2) is 48.5 Å². The largest absolute Gasteiger partial charge is 0.481 e. The van der Waals surface area contributed by atoms with Crippen LogP contribution >= 0.6 is 0 Å². The number of fused-ring (bicyclic) bond motifs is 1. The minimum atomic E-state index is -0.844. The first kappa shape index (κ1) is 27.9. The molecule has 2 aromatic rings. The lowest BCUT2D eigenvalue weighted by Gasteiger charge is -2.30. The van der Waals surface area contributed by atoms with Crippen LogP contribution in [0.25, 0.3) is 0 Å². The molecule has 0 aromatic heterocycles. The molecule has 2 N–H and O–H groups in total. The van der Waals surface area contributed by atoms with Crippen LogP contribution in [0.4, 0.5) is 0 Å². The average Bonchev–Trinajstić information content (AvgIpc) is 3.53. The van der Waals surface area contributed by atoms with Crippen molar-refractivity contribution >= 4 is 11.9 Å². The Hall–Kier alpha value is -3.10. The summed E-state index contributed by atoms with van der Waals surface area (Å²) >= 11 is 0. The zero-order valence-electron chi connectivity index (χ0n) is 22.6. The van der Waals surface area contributed by atoms with E-state index in [1.807, 2.05) is 53.4 Å². The van der Waals surface area contributed by atoms with Crippen LogP contribution in [0.5, 0.6) is 11.5 Å². The number of carboxylic acid groups (broad SMARTS) is 1. The number of rotatable bonds is 14. The number of hydrogen-bond donors (Lipinski definition) is 2. The quantitative estimate of drug-likeness (QED) is 0.385. The number of nitrogens with one attached hydrogen (secondary N) is 1. The normalized spacial score (nSPS) is 20.5. The van der Waals surface area contributed by atoms with Gasteiger partial charge in [0, 0.05) is 44.7 Å². The number of amides is 1. The van der Waals surface area contributed by atoms with Gasteiger partial charge in [0.1, 0.15) is 0 Å². The van der Waals surface area contributed by atoms with Gasteiger partial charge in [-0.1, -0.05) is 63.1 Å². The van der Waals surface area contributed by atoms with E-state index in [1.165, 1.54) is 0 Å². The highest BCUT2D eigenvalue weighted by atomic mass is 16.7. The molecule has 1 amide bonds. The second kappa shape index (κ2) is 13.6. The SMILES string of the molecule is CCCCN(CCCC)C(=O)CN1CC(c2ccc3c(c2)OCO3)C(C(=O)O)C1CNCc1ccccc1. The third-order valence-corrected chi connectivity index (χ3v) is 7.64. The van der Waals surface area contributed by atoms with E-state index in [0.29, 0.717) is 31.1 Å². The summed E-state index contributed by atoms with van der Waals surface area (Å²) < 4.78 is 11.0. The van der Waals surface area contributed by atoms with Gasteiger partial charge in [0.2, 0.25) is 12.7 Å². The van der Waals surface area contributed by atoms with Gasteiger partial charge < -0.3 is 24.8 Å². The maximum absolute atomic E-state index is 13.5. The molecule has 3 atom stereocenters. The Balaban J connectivity index is 1.55. The van der Waals surface area contributed by atoms with Crippen LogP contribution < -0.4 is 14.8 Å². The minimum absolute atomic E-state index is 0.0791. The van der Waals surface area contributed by atoms with Crippen molar-refractivity contribution in [1.29, 1.82) is 0 Å². The standard InChI is InChI=1S/C30H41N3O5/c1-3-5-14-32(15-6-4-2)28(34)20-33-19-24(23-12-13-26-27(16-23)38-21-37-26)29(30(35)36)25(33)18-31-17-22-10-8-7-9-11-22/h7-13,16,24-25,29,31H,3-6,14-15,17-21H2,1-2H3,(H,35,36). The lowest BCUT2D eigenvalue weighted by Crippen LogP contribution is -2.48. The molecule has 0 aliphatic carbocycles. The Morgan fingerprint density at radius 2 is 1.74 bits per heavy atom. The maximum Gasteiger partial charge on any atom is 0.308 e. The molecule has 38 heavy (non-hydrogen) atoms. The van der Waals surface area contributed by atoms with Crippen LogP contribution in [0.1, 0.15) is 56.6 Å². The highest BCUT2D eigenvalue weighted by molar-refractivity contribution is 5.79.